The number of aromatic nitrogens is 4. The fourth-order valence-electron chi connectivity index (χ4n) is 7.22. The van der Waals surface area contributed by atoms with Gasteiger partial charge in [-0.15, -0.1) is 11.3 Å². The molecule has 0 saturated carbocycles. The van der Waals surface area contributed by atoms with E-state index in [0.717, 1.165) is 94.5 Å². The number of aromatic amines is 2. The summed E-state index contributed by atoms with van der Waals surface area (Å²) in [6.45, 7) is 1.53. The highest BCUT2D eigenvalue weighted by Gasteiger charge is 2.33. The molecule has 2 amide bonds. The molecule has 9 heteroatoms. The number of hydrogen-bond donors (Lipinski definition) is 2. The lowest BCUT2D eigenvalue weighted by Crippen LogP contribution is -2.32. The van der Waals surface area contributed by atoms with Crippen LogP contribution in [0, 0.1) is 0 Å². The summed E-state index contributed by atoms with van der Waals surface area (Å²) in [4.78, 5) is 47.7. The maximum absolute atomic E-state index is 13.1. The van der Waals surface area contributed by atoms with Crippen LogP contribution in [0.3, 0.4) is 0 Å². The molecule has 5 heterocycles. The number of rotatable bonds is 9. The third-order valence-electron chi connectivity index (χ3n) is 9.80. The highest BCUT2D eigenvalue weighted by Crippen LogP contribution is 2.34. The molecular formula is C40H38N6O2S. The second-order valence-corrected chi connectivity index (χ2v) is 14.0. The average Bonchev–Trinajstić information content (AvgIpc) is 3.98. The molecule has 49 heavy (non-hydrogen) atoms. The number of hydrogen-bond acceptors (Lipinski definition) is 5. The van der Waals surface area contributed by atoms with Crippen molar-refractivity contribution in [2.75, 3.05) is 13.1 Å². The molecule has 0 aliphatic carbocycles. The van der Waals surface area contributed by atoms with Gasteiger partial charge in [0.15, 0.2) is 0 Å². The quantitative estimate of drug-likeness (QED) is 0.163. The Hall–Kier alpha value is -5.28. The molecule has 246 valence electrons. The molecular weight excluding hydrogens is 629 g/mol. The minimum atomic E-state index is -0.0234. The van der Waals surface area contributed by atoms with Crippen LogP contribution in [0.15, 0.2) is 109 Å². The molecule has 3 aromatic carbocycles. The van der Waals surface area contributed by atoms with Crippen molar-refractivity contribution in [2.45, 2.75) is 50.6 Å². The summed E-state index contributed by atoms with van der Waals surface area (Å²) in [5.41, 5.74) is 7.30. The Balaban J connectivity index is 0.913. The van der Waals surface area contributed by atoms with Crippen molar-refractivity contribution in [1.82, 2.24) is 29.7 Å². The number of benzene rings is 3. The van der Waals surface area contributed by atoms with Crippen molar-refractivity contribution in [3.8, 4) is 33.6 Å². The summed E-state index contributed by atoms with van der Waals surface area (Å²) in [6, 6.07) is 30.9. The van der Waals surface area contributed by atoms with Gasteiger partial charge >= 0.3 is 0 Å². The fourth-order valence-corrected chi connectivity index (χ4v) is 7.92. The third kappa shape index (κ3) is 6.58. The van der Waals surface area contributed by atoms with Gasteiger partial charge in [-0.2, -0.15) is 0 Å². The molecule has 0 spiro atoms. The fraction of sp³-hybridized carbons (Fsp3) is 0.250. The Morgan fingerprint density at radius 2 is 1.14 bits per heavy atom. The first-order valence-electron chi connectivity index (χ1n) is 17.1. The summed E-state index contributed by atoms with van der Waals surface area (Å²) in [5.74, 6) is 2.01. The number of carbonyl (C=O) groups excluding carboxylic acids is 2. The van der Waals surface area contributed by atoms with Gasteiger partial charge in [-0.3, -0.25) is 9.59 Å². The summed E-state index contributed by atoms with van der Waals surface area (Å²) in [6.07, 6.45) is 8.41. The second-order valence-electron chi connectivity index (χ2n) is 12.9. The van der Waals surface area contributed by atoms with E-state index >= 15 is 0 Å². The van der Waals surface area contributed by atoms with Gasteiger partial charge in [0, 0.05) is 18.0 Å². The van der Waals surface area contributed by atoms with Crippen LogP contribution in [0.4, 0.5) is 0 Å². The minimum absolute atomic E-state index is 0.0100. The number of H-pyrrole nitrogens is 2. The van der Waals surface area contributed by atoms with Gasteiger partial charge in [0.2, 0.25) is 11.8 Å². The smallest absolute Gasteiger partial charge is 0.228 e. The summed E-state index contributed by atoms with van der Waals surface area (Å²) in [5, 5.41) is 2.02. The molecule has 6 aromatic rings. The maximum Gasteiger partial charge on any atom is 0.228 e. The van der Waals surface area contributed by atoms with Crippen LogP contribution in [0.5, 0.6) is 0 Å². The Morgan fingerprint density at radius 3 is 1.65 bits per heavy atom. The minimum Gasteiger partial charge on any atom is -0.340 e. The molecule has 2 aliphatic rings. The predicted octanol–water partition coefficient (Wildman–Crippen LogP) is 8.01. The number of amides is 2. The standard InChI is InChI=1S/C40H38N6O2S/c47-37(23-27-7-2-1-3-8-27)45-20-4-10-35(45)39-41-25-33(43-39)30-16-12-28(13-17-30)29-14-18-31(19-15-29)34-26-42-40(44-34)36-11-5-21-46(36)38(48)24-32-9-6-22-49-32/h1-3,6-9,12-19,22,25-26,35-36H,4-5,10-11,20-21,23-24H2,(H,41,43)(H,42,44)/t35-,36-/m0/s1. The van der Waals surface area contributed by atoms with E-state index in [1.54, 1.807) is 11.3 Å². The molecule has 2 fully saturated rings. The van der Waals surface area contributed by atoms with Crippen LogP contribution in [0.1, 0.15) is 59.9 Å². The zero-order chi connectivity index (χ0) is 33.2. The summed E-state index contributed by atoms with van der Waals surface area (Å²) < 4.78 is 0. The Kier molecular flexibility index (Phi) is 8.66. The average molecular weight is 667 g/mol. The second kappa shape index (κ2) is 13.7. The van der Waals surface area contributed by atoms with Crippen LogP contribution >= 0.6 is 11.3 Å². The first-order valence-corrected chi connectivity index (χ1v) is 17.9. The van der Waals surface area contributed by atoms with E-state index in [4.69, 9.17) is 9.97 Å². The van der Waals surface area contributed by atoms with Crippen LogP contribution < -0.4 is 0 Å². The van der Waals surface area contributed by atoms with Gasteiger partial charge in [0.1, 0.15) is 11.6 Å². The number of nitrogens with one attached hydrogen (secondary N) is 2. The molecule has 8 nitrogen and oxygen atoms in total. The molecule has 2 aliphatic heterocycles. The van der Waals surface area contributed by atoms with Crippen LogP contribution in [0.25, 0.3) is 33.6 Å². The summed E-state index contributed by atoms with van der Waals surface area (Å²) >= 11 is 1.63. The van der Waals surface area contributed by atoms with Crippen molar-refractivity contribution in [3.05, 3.63) is 131 Å². The van der Waals surface area contributed by atoms with E-state index in [2.05, 4.69) is 58.5 Å². The zero-order valence-corrected chi connectivity index (χ0v) is 28.0. The van der Waals surface area contributed by atoms with Crippen LogP contribution in [0.2, 0.25) is 0 Å². The molecule has 2 atom stereocenters. The van der Waals surface area contributed by atoms with E-state index in [1.807, 2.05) is 70.0 Å². The summed E-state index contributed by atoms with van der Waals surface area (Å²) in [7, 11) is 0. The number of thiophene rings is 1. The number of carbonyl (C=O) groups is 2. The van der Waals surface area contributed by atoms with Crippen molar-refractivity contribution in [3.63, 3.8) is 0 Å². The van der Waals surface area contributed by atoms with Gasteiger partial charge in [-0.05, 0) is 64.9 Å². The first kappa shape index (κ1) is 31.0. The number of imidazole rings is 2. The lowest BCUT2D eigenvalue weighted by atomic mass is 10.0. The molecule has 3 aromatic heterocycles. The van der Waals surface area contributed by atoms with Gasteiger partial charge in [-0.25, -0.2) is 9.97 Å². The first-order chi connectivity index (χ1) is 24.1. The Morgan fingerprint density at radius 1 is 0.633 bits per heavy atom. The normalized spacial score (nSPS) is 17.6. The van der Waals surface area contributed by atoms with E-state index in [1.165, 1.54) is 0 Å². The molecule has 2 saturated heterocycles. The van der Waals surface area contributed by atoms with Crippen LogP contribution in [-0.2, 0) is 22.4 Å². The number of likely N-dealkylation sites (tertiary alicyclic amines) is 2. The lowest BCUT2D eigenvalue weighted by Gasteiger charge is -2.23. The van der Waals surface area contributed by atoms with Gasteiger partial charge in [0.25, 0.3) is 0 Å². The highest BCUT2D eigenvalue weighted by atomic mass is 32.1. The zero-order valence-electron chi connectivity index (χ0n) is 27.2. The lowest BCUT2D eigenvalue weighted by molar-refractivity contribution is -0.132. The van der Waals surface area contributed by atoms with Crippen molar-refractivity contribution in [1.29, 1.82) is 0 Å². The largest absolute Gasteiger partial charge is 0.340 e. The Bertz CT molecular complexity index is 2030. The molecule has 2 N–H and O–H groups in total. The van der Waals surface area contributed by atoms with Gasteiger partial charge in [-0.1, -0.05) is 84.9 Å². The van der Waals surface area contributed by atoms with E-state index in [9.17, 15) is 9.59 Å². The highest BCUT2D eigenvalue weighted by molar-refractivity contribution is 7.10. The molecule has 0 radical (unpaired) electrons. The van der Waals surface area contributed by atoms with Gasteiger partial charge < -0.3 is 19.8 Å². The number of nitrogens with zero attached hydrogens (tertiary/aromatic N) is 4. The Labute approximate surface area is 289 Å². The van der Waals surface area contributed by atoms with Crippen molar-refractivity contribution >= 4 is 23.2 Å². The van der Waals surface area contributed by atoms with Crippen LogP contribution in [-0.4, -0.2) is 54.6 Å². The topological polar surface area (TPSA) is 98.0 Å². The van der Waals surface area contributed by atoms with E-state index < -0.39 is 0 Å². The third-order valence-corrected chi connectivity index (χ3v) is 10.7. The van der Waals surface area contributed by atoms with E-state index in [-0.39, 0.29) is 23.9 Å². The molecule has 0 unspecified atom stereocenters. The maximum atomic E-state index is 13.1. The van der Waals surface area contributed by atoms with Crippen molar-refractivity contribution < 1.29 is 9.59 Å². The molecule has 0 bridgehead atoms. The van der Waals surface area contributed by atoms with Crippen molar-refractivity contribution in [2.24, 2.45) is 0 Å². The monoisotopic (exact) mass is 666 g/mol. The van der Waals surface area contributed by atoms with E-state index in [0.29, 0.717) is 12.8 Å². The molecule has 8 rings (SSSR count). The SMILES string of the molecule is O=C(Cc1ccccc1)N1CCC[C@H]1c1ncc(-c2ccc(-c3ccc(-c4cnc([C@@H]5CCCN5C(=O)Cc5cccs5)[nH]4)cc3)cc2)[nH]1. The predicted molar refractivity (Wildman–Crippen MR) is 193 cm³/mol. The van der Waals surface area contributed by atoms with Gasteiger partial charge in [0.05, 0.1) is 48.7 Å².